The molecule has 46 heavy (non-hydrogen) atoms. The highest BCUT2D eigenvalue weighted by molar-refractivity contribution is 6.21. The van der Waals surface area contributed by atoms with Crippen molar-refractivity contribution in [2.45, 2.75) is 109 Å². The Morgan fingerprint density at radius 3 is 1.43 bits per heavy atom. The minimum atomic E-state index is -2.22. The molecular weight excluding hydrogens is 699 g/mol. The van der Waals surface area contributed by atoms with E-state index in [0.717, 1.165) is 0 Å². The van der Waals surface area contributed by atoms with Gasteiger partial charge in [0, 0.05) is 0 Å². The molecule has 0 aromatic heterocycles. The molecule has 13 N–H and O–H groups in total. The van der Waals surface area contributed by atoms with Crippen molar-refractivity contribution in [3.8, 4) is 0 Å². The normalized spacial score (nSPS) is 51.1. The van der Waals surface area contributed by atoms with Crippen LogP contribution in [-0.2, 0) is 28.4 Å². The molecule has 18 atom stereocenters. The Hall–Kier alpha value is 0.110. The van der Waals surface area contributed by atoms with Gasteiger partial charge in [-0.25, -0.2) is 0 Å². The zero-order valence-electron chi connectivity index (χ0n) is 23.9. The first-order valence-electron chi connectivity index (χ1n) is 14.0. The summed E-state index contributed by atoms with van der Waals surface area (Å²) in [5, 5.41) is 125. The molecule has 0 radical (unpaired) electrons. The van der Waals surface area contributed by atoms with Crippen LogP contribution in [-0.4, -0.2) is 213 Å². The van der Waals surface area contributed by atoms with Gasteiger partial charge in [0.25, 0.3) is 0 Å². The van der Waals surface area contributed by atoms with Gasteiger partial charge >= 0.3 is 0 Å². The predicted octanol–water partition coefficient (Wildman–Crippen LogP) is -7.05. The molecular formula is C24H41Cl3O19. The van der Waals surface area contributed by atoms with Gasteiger partial charge in [-0.3, -0.25) is 0 Å². The topological polar surface area (TPSA) is 318 Å². The fraction of sp³-hybridized carbons (Fsp3) is 1.00. The maximum atomic E-state index is 10.1. The molecule has 4 saturated heterocycles. The number of halogens is 3. The van der Waals surface area contributed by atoms with Crippen molar-refractivity contribution in [1.29, 1.82) is 0 Å². The number of aliphatic hydroxyl groups excluding tert-OH is 13. The molecule has 0 spiro atoms. The van der Waals surface area contributed by atoms with Crippen molar-refractivity contribution in [3.05, 3.63) is 0 Å². The lowest BCUT2D eigenvalue weighted by Crippen LogP contribution is -2.62. The maximum absolute atomic E-state index is 10.1. The lowest BCUT2D eigenvalue weighted by Gasteiger charge is -2.43. The second-order valence-corrected chi connectivity index (χ2v) is 12.1. The highest BCUT2D eigenvalue weighted by atomic mass is 35.5. The minimum Gasteiger partial charge on any atom is -0.394 e. The van der Waals surface area contributed by atoms with Crippen molar-refractivity contribution in [2.24, 2.45) is 0 Å². The largest absolute Gasteiger partial charge is 0.394 e. The van der Waals surface area contributed by atoms with Crippen LogP contribution in [0.1, 0.15) is 0 Å². The molecule has 4 rings (SSSR count). The van der Waals surface area contributed by atoms with Gasteiger partial charge in [-0.05, 0) is 0 Å². The highest BCUT2D eigenvalue weighted by Gasteiger charge is 2.59. The average Bonchev–Trinajstić information content (AvgIpc) is 3.45. The summed E-state index contributed by atoms with van der Waals surface area (Å²) >= 11 is 17.3. The number of ether oxygens (including phenoxy) is 6. The summed E-state index contributed by atoms with van der Waals surface area (Å²) in [6.07, 6.45) is -22.0. The Morgan fingerprint density at radius 1 is 0.522 bits per heavy atom. The Bertz CT molecular complexity index is 871. The van der Waals surface area contributed by atoms with Crippen molar-refractivity contribution in [2.75, 3.05) is 38.2 Å². The van der Waals surface area contributed by atoms with Crippen LogP contribution >= 0.6 is 34.8 Å². The molecule has 0 saturated carbocycles. The minimum absolute atomic E-state index is 0.125. The second-order valence-electron chi connectivity index (χ2n) is 11.0. The molecule has 4 aliphatic heterocycles. The zero-order chi connectivity index (χ0) is 34.7. The molecule has 0 aliphatic carbocycles. The smallest absolute Gasteiger partial charge is 0.224 e. The van der Waals surface area contributed by atoms with Gasteiger partial charge in [-0.2, -0.15) is 0 Å². The number of alkyl halides is 3. The van der Waals surface area contributed by atoms with Gasteiger partial charge < -0.3 is 94.8 Å². The fourth-order valence-electron chi connectivity index (χ4n) is 5.19. The third kappa shape index (κ3) is 7.86. The van der Waals surface area contributed by atoms with Gasteiger partial charge in [0.15, 0.2) is 12.6 Å². The molecule has 4 aliphatic rings. The Kier molecular flexibility index (Phi) is 14.9. The number of rotatable bonds is 10. The van der Waals surface area contributed by atoms with Crippen LogP contribution < -0.4 is 0 Å². The Balaban J connectivity index is 0.000000250. The van der Waals surface area contributed by atoms with Crippen molar-refractivity contribution in [1.82, 2.24) is 0 Å². The molecule has 272 valence electrons. The van der Waals surface area contributed by atoms with E-state index in [4.69, 9.17) is 73.4 Å². The summed E-state index contributed by atoms with van der Waals surface area (Å²) in [4.78, 5) is 0. The summed E-state index contributed by atoms with van der Waals surface area (Å²) in [5.74, 6) is -4.65. The van der Waals surface area contributed by atoms with E-state index in [2.05, 4.69) is 0 Å². The van der Waals surface area contributed by atoms with Crippen LogP contribution in [0.3, 0.4) is 0 Å². The third-order valence-electron chi connectivity index (χ3n) is 8.03. The van der Waals surface area contributed by atoms with Gasteiger partial charge in [0.1, 0.15) is 86.0 Å². The zero-order valence-corrected chi connectivity index (χ0v) is 26.1. The van der Waals surface area contributed by atoms with E-state index in [0.29, 0.717) is 0 Å². The van der Waals surface area contributed by atoms with Crippen LogP contribution in [0.25, 0.3) is 0 Å². The molecule has 4 fully saturated rings. The van der Waals surface area contributed by atoms with Gasteiger partial charge in [-0.1, -0.05) is 0 Å². The van der Waals surface area contributed by atoms with Crippen LogP contribution in [0.5, 0.6) is 0 Å². The van der Waals surface area contributed by atoms with E-state index in [1.54, 1.807) is 0 Å². The van der Waals surface area contributed by atoms with Crippen molar-refractivity contribution in [3.63, 3.8) is 0 Å². The van der Waals surface area contributed by atoms with E-state index in [-0.39, 0.29) is 5.88 Å². The summed E-state index contributed by atoms with van der Waals surface area (Å²) in [6.45, 7) is -2.85. The highest BCUT2D eigenvalue weighted by Crippen LogP contribution is 2.38. The summed E-state index contributed by atoms with van der Waals surface area (Å²) in [5.41, 5.74) is 0. The molecule has 0 aromatic rings. The predicted molar refractivity (Wildman–Crippen MR) is 148 cm³/mol. The quantitative estimate of drug-likeness (QED) is 0.0926. The van der Waals surface area contributed by atoms with E-state index in [1.807, 2.05) is 0 Å². The molecule has 0 aromatic carbocycles. The van der Waals surface area contributed by atoms with Crippen molar-refractivity contribution < 1.29 is 94.8 Å². The monoisotopic (exact) mass is 738 g/mol. The van der Waals surface area contributed by atoms with E-state index >= 15 is 0 Å². The Labute approximate surface area is 276 Å². The summed E-state index contributed by atoms with van der Waals surface area (Å²) in [6, 6.07) is 0. The van der Waals surface area contributed by atoms with Crippen LogP contribution in [0.4, 0.5) is 0 Å². The molecule has 22 heteroatoms. The maximum Gasteiger partial charge on any atom is 0.224 e. The summed E-state index contributed by atoms with van der Waals surface area (Å²) < 4.78 is 31.6. The van der Waals surface area contributed by atoms with Crippen LogP contribution in [0.15, 0.2) is 0 Å². The molecule has 19 nitrogen and oxygen atoms in total. The lowest BCUT2D eigenvalue weighted by molar-refractivity contribution is -0.383. The molecule has 4 heterocycles. The fourth-order valence-corrected chi connectivity index (χ4v) is 6.01. The summed E-state index contributed by atoms with van der Waals surface area (Å²) in [7, 11) is 0. The number of aliphatic hydroxyl groups is 13. The molecule has 0 bridgehead atoms. The first-order valence-corrected chi connectivity index (χ1v) is 15.5. The van der Waals surface area contributed by atoms with E-state index in [9.17, 15) is 56.2 Å². The van der Waals surface area contributed by atoms with Gasteiger partial charge in [-0.15, -0.1) is 34.8 Å². The molecule has 0 unspecified atom stereocenters. The first kappa shape index (κ1) is 40.5. The van der Waals surface area contributed by atoms with Gasteiger partial charge in [0.05, 0.1) is 37.0 Å². The Morgan fingerprint density at radius 2 is 0.978 bits per heavy atom. The first-order chi connectivity index (χ1) is 21.6. The second kappa shape index (κ2) is 16.9. The van der Waals surface area contributed by atoms with Crippen LogP contribution in [0, 0.1) is 0 Å². The average molecular weight is 740 g/mol. The van der Waals surface area contributed by atoms with E-state index < -0.39 is 141 Å². The lowest BCUT2D eigenvalue weighted by atomic mass is 9.99. The SMILES string of the molecule is OC[C@H]1O[C@@](CO)(O[C@H]2O[C@H](CO)[C@@H](O)[C@H](O)[C@H]2O)[C@@H](O)[C@@H]1O.OC[C@H]1O[C@H](O[C@]2(CCl)O[C@H](CCl)[C@@H](O)[C@@H]2O)[C@H](O)[C@@H](O)[C@H]1Cl. The van der Waals surface area contributed by atoms with Gasteiger partial charge in [0.2, 0.25) is 11.6 Å². The van der Waals surface area contributed by atoms with Crippen molar-refractivity contribution >= 4 is 34.8 Å². The molecule has 0 amide bonds. The number of hydrogen-bond donors (Lipinski definition) is 13. The standard InChI is InChI=1S/C12H19Cl3O8.C12H22O11/c13-1-4-7(17)10(20)12(3-14,22-4)23-11-9(19)8(18)6(15)5(2-16)21-11;13-1-4-6(16)8(18)9(19)11(21-4)23-12(3-15)10(20)7(17)5(2-14)22-12/h4-11,16-20H,1-3H2;4-11,13-20H,1-3H2/t4-,5-,6+,7-,8+,9-,10+,11-,12+;4-,5-,6-,7-,8+,9-,10+,11-,12+/m11/s1. The van der Waals surface area contributed by atoms with Crippen LogP contribution in [0.2, 0.25) is 0 Å². The number of hydrogen-bond acceptors (Lipinski definition) is 19. The van der Waals surface area contributed by atoms with E-state index in [1.165, 1.54) is 0 Å². The third-order valence-corrected chi connectivity index (χ3v) is 9.25.